The molecule has 10 heavy (non-hydrogen) atoms. The Labute approximate surface area is 60.3 Å². The molecule has 0 aromatic rings. The first-order valence-electron chi connectivity index (χ1n) is 3.23. The summed E-state index contributed by atoms with van der Waals surface area (Å²) in [4.78, 5) is 12.5. The zero-order valence-electron chi connectivity index (χ0n) is 6.26. The van der Waals surface area contributed by atoms with Gasteiger partial charge in [-0.25, -0.2) is 0 Å². The smallest absolute Gasteiger partial charge is 0.314 e. The van der Waals surface area contributed by atoms with E-state index < -0.39 is 0 Å². The van der Waals surface area contributed by atoms with Crippen LogP contribution in [0.5, 0.6) is 0 Å². The minimum Gasteiger partial charge on any atom is -0.430 e. The number of ether oxygens (including phenoxy) is 1. The van der Waals surface area contributed by atoms with Gasteiger partial charge in [-0.15, -0.1) is 0 Å². The van der Waals surface area contributed by atoms with Gasteiger partial charge in [-0.05, 0) is 20.2 Å². The van der Waals surface area contributed by atoms with Gasteiger partial charge in [0, 0.05) is 0 Å². The molecule has 0 spiro atoms. The minimum atomic E-state index is -0.142. The van der Waals surface area contributed by atoms with Gasteiger partial charge in [-0.3, -0.25) is 4.79 Å². The number of cyclic esters (lactones) is 1. The molecule has 0 fully saturated rings. The summed E-state index contributed by atoms with van der Waals surface area (Å²) in [5.74, 6) is 0.631. The topological polar surface area (TPSA) is 29.5 Å². The molecule has 0 radical (unpaired) electrons. The van der Waals surface area contributed by atoms with Crippen molar-refractivity contribution < 1.29 is 9.53 Å². The van der Waals surface area contributed by atoms with Crippen LogP contribution in [0, 0.1) is 0 Å². The van der Waals surface area contributed by atoms with E-state index in [1.54, 1.807) is 0 Å². The maximum atomic E-state index is 10.5. The van der Waals surface area contributed by atoms with E-state index in [2.05, 4.69) is 0 Å². The van der Waals surface area contributed by atoms with Gasteiger partial charge in [0.05, 0.1) is 13.0 Å². The first-order chi connectivity index (χ1) is 4.68. The van der Waals surface area contributed by atoms with Gasteiger partial charge in [0.1, 0.15) is 5.76 Å². The number of carbonyl (C=O) groups excluding carboxylic acids is 1. The molecule has 0 aromatic heterocycles. The van der Waals surface area contributed by atoms with Gasteiger partial charge >= 0.3 is 5.97 Å². The summed E-state index contributed by atoms with van der Waals surface area (Å²) in [5, 5.41) is 0. The van der Waals surface area contributed by atoms with Gasteiger partial charge in [0.15, 0.2) is 0 Å². The van der Waals surface area contributed by atoms with Gasteiger partial charge < -0.3 is 9.64 Å². The van der Waals surface area contributed by atoms with Crippen molar-refractivity contribution in [3.63, 3.8) is 0 Å². The second-order valence-electron chi connectivity index (χ2n) is 2.59. The minimum absolute atomic E-state index is 0.142. The maximum absolute atomic E-state index is 10.5. The number of hydrogen-bond donors (Lipinski definition) is 0. The Balaban J connectivity index is 2.37. The third-order valence-electron chi connectivity index (χ3n) is 1.21. The average molecular weight is 141 g/mol. The lowest BCUT2D eigenvalue weighted by molar-refractivity contribution is -0.136. The largest absolute Gasteiger partial charge is 0.430 e. The third-order valence-corrected chi connectivity index (χ3v) is 1.21. The monoisotopic (exact) mass is 141 g/mol. The molecule has 0 amide bonds. The van der Waals surface area contributed by atoms with Crippen molar-refractivity contribution in [3.05, 3.63) is 11.8 Å². The Morgan fingerprint density at radius 1 is 1.70 bits per heavy atom. The van der Waals surface area contributed by atoms with Crippen LogP contribution in [0.4, 0.5) is 0 Å². The van der Waals surface area contributed by atoms with Crippen LogP contribution in [0.3, 0.4) is 0 Å². The molecule has 3 heteroatoms. The fraction of sp³-hybridized carbons (Fsp3) is 0.571. The molecule has 56 valence electrons. The number of rotatable bonds is 2. The number of esters is 1. The zero-order chi connectivity index (χ0) is 7.56. The highest BCUT2D eigenvalue weighted by molar-refractivity contribution is 5.75. The molecule has 1 rings (SSSR count). The Morgan fingerprint density at radius 2 is 2.40 bits per heavy atom. The quantitative estimate of drug-likeness (QED) is 0.521. The fourth-order valence-electron chi connectivity index (χ4n) is 0.835. The zero-order valence-corrected chi connectivity index (χ0v) is 6.26. The van der Waals surface area contributed by atoms with Crippen molar-refractivity contribution in [3.8, 4) is 0 Å². The lowest BCUT2D eigenvalue weighted by Crippen LogP contribution is -2.15. The van der Waals surface area contributed by atoms with E-state index >= 15 is 0 Å². The number of likely N-dealkylation sites (N-methyl/N-ethyl adjacent to an activating group) is 1. The van der Waals surface area contributed by atoms with Crippen LogP contribution in [0.2, 0.25) is 0 Å². The van der Waals surface area contributed by atoms with Crippen molar-refractivity contribution in [1.29, 1.82) is 0 Å². The van der Waals surface area contributed by atoms with Crippen molar-refractivity contribution in [2.75, 3.05) is 20.6 Å². The summed E-state index contributed by atoms with van der Waals surface area (Å²) in [6.07, 6.45) is 2.26. The first kappa shape index (κ1) is 7.28. The van der Waals surface area contributed by atoms with Crippen LogP contribution in [0.1, 0.15) is 6.42 Å². The standard InChI is InChI=1S/C7H11NO2/c1-8(2)5-6-3-4-7(9)10-6/h3H,4-5H2,1-2H3. The average Bonchev–Trinajstić information content (AvgIpc) is 2.13. The summed E-state index contributed by atoms with van der Waals surface area (Å²) >= 11 is 0. The predicted octanol–water partition coefficient (Wildman–Crippen LogP) is 0.379. The van der Waals surface area contributed by atoms with Crippen molar-refractivity contribution in [1.82, 2.24) is 4.90 Å². The molecule has 0 N–H and O–H groups in total. The molecule has 0 saturated carbocycles. The Kier molecular flexibility index (Phi) is 2.06. The highest BCUT2D eigenvalue weighted by Gasteiger charge is 2.13. The molecule has 1 heterocycles. The Bertz CT molecular complexity index is 172. The van der Waals surface area contributed by atoms with E-state index in [0.29, 0.717) is 13.0 Å². The van der Waals surface area contributed by atoms with Crippen LogP contribution in [0.25, 0.3) is 0 Å². The van der Waals surface area contributed by atoms with Crippen LogP contribution in [0.15, 0.2) is 11.8 Å². The molecule has 1 aliphatic heterocycles. The van der Waals surface area contributed by atoms with Crippen molar-refractivity contribution >= 4 is 5.97 Å². The van der Waals surface area contributed by atoms with Crippen LogP contribution >= 0.6 is 0 Å². The number of hydrogen-bond acceptors (Lipinski definition) is 3. The summed E-state index contributed by atoms with van der Waals surface area (Å²) in [7, 11) is 3.87. The van der Waals surface area contributed by atoms with Crippen LogP contribution < -0.4 is 0 Å². The van der Waals surface area contributed by atoms with Crippen LogP contribution in [-0.4, -0.2) is 31.5 Å². The molecule has 1 aliphatic rings. The highest BCUT2D eigenvalue weighted by Crippen LogP contribution is 2.10. The predicted molar refractivity (Wildman–Crippen MR) is 37.3 cm³/mol. The lowest BCUT2D eigenvalue weighted by atomic mass is 10.4. The van der Waals surface area contributed by atoms with Crippen LogP contribution in [-0.2, 0) is 9.53 Å². The summed E-state index contributed by atoms with van der Waals surface area (Å²) in [6, 6.07) is 0. The third kappa shape index (κ3) is 1.84. The van der Waals surface area contributed by atoms with E-state index in [1.807, 2.05) is 25.1 Å². The number of nitrogens with zero attached hydrogens (tertiary/aromatic N) is 1. The van der Waals surface area contributed by atoms with E-state index in [0.717, 1.165) is 5.76 Å². The molecule has 3 nitrogen and oxygen atoms in total. The number of carbonyl (C=O) groups is 1. The molecule has 0 saturated heterocycles. The van der Waals surface area contributed by atoms with Crippen molar-refractivity contribution in [2.24, 2.45) is 0 Å². The second kappa shape index (κ2) is 2.84. The van der Waals surface area contributed by atoms with E-state index in [-0.39, 0.29) is 5.97 Å². The normalized spacial score (nSPS) is 17.5. The molecule has 0 aromatic carbocycles. The summed E-state index contributed by atoms with van der Waals surface area (Å²) in [6.45, 7) is 0.714. The molecule has 0 bridgehead atoms. The van der Waals surface area contributed by atoms with E-state index in [9.17, 15) is 4.79 Å². The van der Waals surface area contributed by atoms with E-state index in [4.69, 9.17) is 4.74 Å². The SMILES string of the molecule is CN(C)CC1=CCC(=O)O1. The first-order valence-corrected chi connectivity index (χ1v) is 3.23. The molecular weight excluding hydrogens is 130 g/mol. The summed E-state index contributed by atoms with van der Waals surface area (Å²) < 4.78 is 4.85. The maximum Gasteiger partial charge on any atom is 0.314 e. The fourth-order valence-corrected chi connectivity index (χ4v) is 0.835. The van der Waals surface area contributed by atoms with Crippen molar-refractivity contribution in [2.45, 2.75) is 6.42 Å². The highest BCUT2D eigenvalue weighted by atomic mass is 16.5. The molecular formula is C7H11NO2. The molecule has 0 atom stereocenters. The van der Waals surface area contributed by atoms with Gasteiger partial charge in [-0.1, -0.05) is 0 Å². The Morgan fingerprint density at radius 3 is 2.80 bits per heavy atom. The lowest BCUT2D eigenvalue weighted by Gasteiger charge is -2.08. The van der Waals surface area contributed by atoms with Gasteiger partial charge in [0.25, 0.3) is 0 Å². The summed E-state index contributed by atoms with van der Waals surface area (Å²) in [5.41, 5.74) is 0. The van der Waals surface area contributed by atoms with Gasteiger partial charge in [-0.2, -0.15) is 0 Å². The van der Waals surface area contributed by atoms with E-state index in [1.165, 1.54) is 0 Å². The molecule has 0 unspecified atom stereocenters. The second-order valence-corrected chi connectivity index (χ2v) is 2.59. The van der Waals surface area contributed by atoms with Gasteiger partial charge in [0.2, 0.25) is 0 Å². The molecule has 0 aliphatic carbocycles. The Hall–Kier alpha value is -0.830.